The number of amides is 1. The van der Waals surface area contributed by atoms with E-state index in [0.717, 1.165) is 22.0 Å². The molecular formula is C23H17Cl3N2O. The fourth-order valence-corrected chi connectivity index (χ4v) is 4.02. The average molecular weight is 444 g/mol. The Hall–Kier alpha value is -2.46. The first-order chi connectivity index (χ1) is 14.0. The third kappa shape index (κ3) is 4.59. The standard InChI is InChI=1S/C23H17Cl3N2O/c24-18-7-5-15(6-8-18)14-28-21-4-2-1-3-17(21)11-22(28)23(29)27-13-16-9-19(25)12-20(26)10-16/h1-12H,13-14H2,(H,27,29). The van der Waals surface area contributed by atoms with E-state index in [-0.39, 0.29) is 5.91 Å². The Bertz CT molecular complexity index is 1160. The first-order valence-electron chi connectivity index (χ1n) is 9.05. The molecular weight excluding hydrogens is 427 g/mol. The van der Waals surface area contributed by atoms with E-state index in [1.54, 1.807) is 18.2 Å². The number of para-hydroxylation sites is 1. The number of carbonyl (C=O) groups excluding carboxylic acids is 1. The predicted octanol–water partition coefficient (Wildman–Crippen LogP) is 6.58. The maximum absolute atomic E-state index is 13.0. The zero-order valence-electron chi connectivity index (χ0n) is 15.3. The molecule has 4 rings (SSSR count). The number of rotatable bonds is 5. The van der Waals surface area contributed by atoms with Crippen LogP contribution in [-0.2, 0) is 13.1 Å². The van der Waals surface area contributed by atoms with Gasteiger partial charge in [-0.05, 0) is 53.6 Å². The molecule has 4 aromatic rings. The Balaban J connectivity index is 1.63. The molecule has 29 heavy (non-hydrogen) atoms. The highest BCUT2D eigenvalue weighted by Crippen LogP contribution is 2.23. The van der Waals surface area contributed by atoms with E-state index in [9.17, 15) is 4.79 Å². The second-order valence-electron chi connectivity index (χ2n) is 6.76. The van der Waals surface area contributed by atoms with Crippen LogP contribution >= 0.6 is 34.8 Å². The van der Waals surface area contributed by atoms with Crippen LogP contribution < -0.4 is 5.32 Å². The first kappa shape index (κ1) is 19.8. The molecule has 0 saturated carbocycles. The normalized spacial score (nSPS) is 11.0. The number of halogens is 3. The second-order valence-corrected chi connectivity index (χ2v) is 8.07. The molecule has 3 nitrogen and oxygen atoms in total. The van der Waals surface area contributed by atoms with E-state index >= 15 is 0 Å². The van der Waals surface area contributed by atoms with Crippen molar-refractivity contribution in [3.8, 4) is 0 Å². The summed E-state index contributed by atoms with van der Waals surface area (Å²) in [6.45, 7) is 0.901. The molecule has 0 spiro atoms. The van der Waals surface area contributed by atoms with Gasteiger partial charge in [-0.3, -0.25) is 4.79 Å². The monoisotopic (exact) mass is 442 g/mol. The quantitative estimate of drug-likeness (QED) is 0.371. The zero-order chi connectivity index (χ0) is 20.4. The molecule has 1 heterocycles. The molecule has 0 aliphatic rings. The number of aromatic nitrogens is 1. The molecule has 0 bridgehead atoms. The fraction of sp³-hybridized carbons (Fsp3) is 0.0870. The fourth-order valence-electron chi connectivity index (χ4n) is 3.33. The SMILES string of the molecule is O=C(NCc1cc(Cl)cc(Cl)c1)c1cc2ccccc2n1Cc1ccc(Cl)cc1. The smallest absolute Gasteiger partial charge is 0.268 e. The highest BCUT2D eigenvalue weighted by atomic mass is 35.5. The Morgan fingerprint density at radius 1 is 0.793 bits per heavy atom. The van der Waals surface area contributed by atoms with Crippen LogP contribution in [0, 0.1) is 0 Å². The summed E-state index contributed by atoms with van der Waals surface area (Å²) in [7, 11) is 0. The van der Waals surface area contributed by atoms with Crippen LogP contribution in [0.3, 0.4) is 0 Å². The van der Waals surface area contributed by atoms with Gasteiger partial charge in [0.05, 0.1) is 0 Å². The van der Waals surface area contributed by atoms with E-state index in [0.29, 0.717) is 33.9 Å². The molecule has 0 saturated heterocycles. The van der Waals surface area contributed by atoms with Crippen LogP contribution in [0.1, 0.15) is 21.6 Å². The molecule has 3 aromatic carbocycles. The van der Waals surface area contributed by atoms with Crippen molar-refractivity contribution >= 4 is 51.6 Å². The lowest BCUT2D eigenvalue weighted by Crippen LogP contribution is -2.25. The summed E-state index contributed by atoms with van der Waals surface area (Å²) in [5.74, 6) is -0.161. The van der Waals surface area contributed by atoms with E-state index in [1.807, 2.05) is 59.2 Å². The Labute approximate surface area is 183 Å². The summed E-state index contributed by atoms with van der Waals surface area (Å²) < 4.78 is 2.01. The van der Waals surface area contributed by atoms with Gasteiger partial charge in [0, 0.05) is 39.1 Å². The molecule has 0 radical (unpaired) electrons. The molecule has 1 amide bonds. The average Bonchev–Trinajstić information content (AvgIpc) is 3.06. The summed E-state index contributed by atoms with van der Waals surface area (Å²) >= 11 is 18.1. The summed E-state index contributed by atoms with van der Waals surface area (Å²) in [4.78, 5) is 13.0. The van der Waals surface area contributed by atoms with Crippen molar-refractivity contribution in [2.45, 2.75) is 13.1 Å². The summed E-state index contributed by atoms with van der Waals surface area (Å²) in [6, 6.07) is 22.7. The molecule has 1 aromatic heterocycles. The largest absolute Gasteiger partial charge is 0.347 e. The Morgan fingerprint density at radius 3 is 2.21 bits per heavy atom. The number of fused-ring (bicyclic) bond motifs is 1. The summed E-state index contributed by atoms with van der Waals surface area (Å²) in [6.07, 6.45) is 0. The topological polar surface area (TPSA) is 34.0 Å². The van der Waals surface area contributed by atoms with Crippen LogP contribution in [0.5, 0.6) is 0 Å². The Morgan fingerprint density at radius 2 is 1.48 bits per heavy atom. The van der Waals surface area contributed by atoms with Gasteiger partial charge in [0.1, 0.15) is 5.69 Å². The Kier molecular flexibility index (Phi) is 5.81. The molecule has 6 heteroatoms. The van der Waals surface area contributed by atoms with Gasteiger partial charge in [-0.15, -0.1) is 0 Å². The number of nitrogens with one attached hydrogen (secondary N) is 1. The van der Waals surface area contributed by atoms with Gasteiger partial charge in [-0.2, -0.15) is 0 Å². The van der Waals surface area contributed by atoms with E-state index in [2.05, 4.69) is 5.32 Å². The number of hydrogen-bond acceptors (Lipinski definition) is 1. The van der Waals surface area contributed by atoms with E-state index in [4.69, 9.17) is 34.8 Å². The van der Waals surface area contributed by atoms with E-state index in [1.165, 1.54) is 0 Å². The minimum Gasteiger partial charge on any atom is -0.347 e. The predicted molar refractivity (Wildman–Crippen MR) is 120 cm³/mol. The van der Waals surface area contributed by atoms with Gasteiger partial charge < -0.3 is 9.88 Å². The van der Waals surface area contributed by atoms with Gasteiger partial charge in [0.2, 0.25) is 0 Å². The molecule has 0 unspecified atom stereocenters. The molecule has 0 fully saturated rings. The maximum atomic E-state index is 13.0. The van der Waals surface area contributed by atoms with E-state index < -0.39 is 0 Å². The lowest BCUT2D eigenvalue weighted by molar-refractivity contribution is 0.0942. The highest BCUT2D eigenvalue weighted by Gasteiger charge is 2.16. The number of carbonyl (C=O) groups is 1. The zero-order valence-corrected chi connectivity index (χ0v) is 17.6. The summed E-state index contributed by atoms with van der Waals surface area (Å²) in [5.41, 5.74) is 3.50. The minimum atomic E-state index is -0.161. The molecule has 0 aliphatic heterocycles. The minimum absolute atomic E-state index is 0.161. The van der Waals surface area contributed by atoms with Crippen LogP contribution in [0.2, 0.25) is 15.1 Å². The third-order valence-electron chi connectivity index (χ3n) is 4.67. The second kappa shape index (κ2) is 8.50. The number of benzene rings is 3. The van der Waals surface area contributed by atoms with Crippen molar-refractivity contribution in [3.63, 3.8) is 0 Å². The molecule has 0 aliphatic carbocycles. The van der Waals surface area contributed by atoms with Crippen molar-refractivity contribution in [2.24, 2.45) is 0 Å². The molecule has 1 N–H and O–H groups in total. The summed E-state index contributed by atoms with van der Waals surface area (Å²) in [5, 5.41) is 5.74. The third-order valence-corrected chi connectivity index (χ3v) is 5.36. The van der Waals surface area contributed by atoms with Crippen LogP contribution in [0.15, 0.2) is 72.8 Å². The van der Waals surface area contributed by atoms with Crippen molar-refractivity contribution in [1.29, 1.82) is 0 Å². The van der Waals surface area contributed by atoms with Crippen LogP contribution in [0.4, 0.5) is 0 Å². The van der Waals surface area contributed by atoms with Gasteiger partial charge in [-0.1, -0.05) is 65.1 Å². The number of hydrogen-bond donors (Lipinski definition) is 1. The lowest BCUT2D eigenvalue weighted by Gasteiger charge is -2.12. The maximum Gasteiger partial charge on any atom is 0.268 e. The van der Waals surface area contributed by atoms with Gasteiger partial charge in [0.25, 0.3) is 5.91 Å². The van der Waals surface area contributed by atoms with Gasteiger partial charge >= 0.3 is 0 Å². The van der Waals surface area contributed by atoms with Gasteiger partial charge in [0.15, 0.2) is 0 Å². The van der Waals surface area contributed by atoms with Crippen molar-refractivity contribution < 1.29 is 4.79 Å². The van der Waals surface area contributed by atoms with Crippen molar-refractivity contribution in [2.75, 3.05) is 0 Å². The molecule has 146 valence electrons. The van der Waals surface area contributed by atoms with Crippen LogP contribution in [-0.4, -0.2) is 10.5 Å². The lowest BCUT2D eigenvalue weighted by atomic mass is 10.2. The molecule has 0 atom stereocenters. The van der Waals surface area contributed by atoms with Crippen LogP contribution in [0.25, 0.3) is 10.9 Å². The van der Waals surface area contributed by atoms with Crippen molar-refractivity contribution in [1.82, 2.24) is 9.88 Å². The van der Waals surface area contributed by atoms with Gasteiger partial charge in [-0.25, -0.2) is 0 Å². The van der Waals surface area contributed by atoms with Crippen molar-refractivity contribution in [3.05, 3.63) is 105 Å². The number of nitrogens with zero attached hydrogens (tertiary/aromatic N) is 1. The highest BCUT2D eigenvalue weighted by molar-refractivity contribution is 6.34. The first-order valence-corrected chi connectivity index (χ1v) is 10.2.